The van der Waals surface area contributed by atoms with Crippen molar-refractivity contribution in [3.63, 3.8) is 0 Å². The van der Waals surface area contributed by atoms with E-state index in [2.05, 4.69) is 22.6 Å². The van der Waals surface area contributed by atoms with Gasteiger partial charge in [-0.2, -0.15) is 5.26 Å². The molecule has 0 aliphatic carbocycles. The molecule has 0 amide bonds. The van der Waals surface area contributed by atoms with Crippen LogP contribution in [0.25, 0.3) is 11.4 Å². The van der Waals surface area contributed by atoms with Crippen molar-refractivity contribution >= 4 is 23.1 Å². The molecule has 2 heterocycles. The molecule has 1 N–H and O–H groups in total. The van der Waals surface area contributed by atoms with Gasteiger partial charge in [0.1, 0.15) is 29.2 Å². The van der Waals surface area contributed by atoms with Gasteiger partial charge in [-0.05, 0) is 30.3 Å². The van der Waals surface area contributed by atoms with Gasteiger partial charge in [0.25, 0.3) is 0 Å². The van der Waals surface area contributed by atoms with Gasteiger partial charge in [-0.1, -0.05) is 30.3 Å². The number of aliphatic hydroxyl groups excluding tert-OH is 1. The number of benzene rings is 2. The standard InChI is InChI=1S/C20H12ClFN4O/c1-11(27)19-17(9-23)26-16-7-6-12(21)8-14(16)20(24-10-18(26)25-19)13-4-2-3-5-15(13)22/h2-8,27H,1,10H2. The van der Waals surface area contributed by atoms with Crippen molar-refractivity contribution in [3.8, 4) is 11.8 Å². The van der Waals surface area contributed by atoms with Crippen molar-refractivity contribution in [2.45, 2.75) is 6.54 Å². The van der Waals surface area contributed by atoms with Crippen molar-refractivity contribution in [2.75, 3.05) is 0 Å². The first-order chi connectivity index (χ1) is 13.0. The summed E-state index contributed by atoms with van der Waals surface area (Å²) in [6.07, 6.45) is 0. The molecule has 1 aromatic heterocycles. The van der Waals surface area contributed by atoms with Crippen LogP contribution in [0.2, 0.25) is 5.02 Å². The van der Waals surface area contributed by atoms with E-state index in [1.165, 1.54) is 6.07 Å². The molecule has 0 radical (unpaired) electrons. The summed E-state index contributed by atoms with van der Waals surface area (Å²) in [5, 5.41) is 19.9. The van der Waals surface area contributed by atoms with Gasteiger partial charge < -0.3 is 5.11 Å². The molecule has 0 fully saturated rings. The van der Waals surface area contributed by atoms with Crippen LogP contribution < -0.4 is 0 Å². The van der Waals surface area contributed by atoms with Gasteiger partial charge in [-0.25, -0.2) is 9.37 Å². The van der Waals surface area contributed by atoms with Crippen LogP contribution in [0.3, 0.4) is 0 Å². The van der Waals surface area contributed by atoms with E-state index in [0.29, 0.717) is 33.4 Å². The number of nitrogens with zero attached hydrogens (tertiary/aromatic N) is 4. The zero-order valence-corrected chi connectivity index (χ0v) is 14.7. The first-order valence-electron chi connectivity index (χ1n) is 8.01. The Kier molecular flexibility index (Phi) is 4.02. The Morgan fingerprint density at radius 3 is 2.74 bits per heavy atom. The topological polar surface area (TPSA) is 74.2 Å². The summed E-state index contributed by atoms with van der Waals surface area (Å²) in [5.74, 6) is -0.278. The lowest BCUT2D eigenvalue weighted by Gasteiger charge is -2.13. The number of aromatic nitrogens is 2. The average molecular weight is 379 g/mol. The zero-order chi connectivity index (χ0) is 19.1. The highest BCUT2D eigenvalue weighted by atomic mass is 35.5. The quantitative estimate of drug-likeness (QED) is 0.671. The molecule has 0 saturated heterocycles. The number of nitriles is 1. The number of aliphatic imine (C=N–C) groups is 1. The molecule has 0 bridgehead atoms. The molecule has 1 aliphatic rings. The zero-order valence-electron chi connectivity index (χ0n) is 13.9. The summed E-state index contributed by atoms with van der Waals surface area (Å²) in [4.78, 5) is 8.85. The van der Waals surface area contributed by atoms with Crippen LogP contribution in [0, 0.1) is 17.1 Å². The molecule has 27 heavy (non-hydrogen) atoms. The van der Waals surface area contributed by atoms with Crippen molar-refractivity contribution in [2.24, 2.45) is 4.99 Å². The minimum absolute atomic E-state index is 0.0952. The molecule has 1 aliphatic heterocycles. The van der Waals surface area contributed by atoms with Gasteiger partial charge in [0, 0.05) is 16.1 Å². The van der Waals surface area contributed by atoms with Crippen LogP contribution >= 0.6 is 11.6 Å². The SMILES string of the molecule is C=C(O)c1nc2n(c1C#N)-c1ccc(Cl)cc1C(c1ccccc1F)=NC2. The van der Waals surface area contributed by atoms with Gasteiger partial charge in [-0.15, -0.1) is 0 Å². The second-order valence-corrected chi connectivity index (χ2v) is 6.36. The number of hydrogen-bond acceptors (Lipinski definition) is 4. The van der Waals surface area contributed by atoms with E-state index in [0.717, 1.165) is 0 Å². The lowest BCUT2D eigenvalue weighted by atomic mass is 10.00. The summed E-state index contributed by atoms with van der Waals surface area (Å²) in [6, 6.07) is 13.4. The third-order valence-corrected chi connectivity index (χ3v) is 4.52. The van der Waals surface area contributed by atoms with Gasteiger partial charge in [0.15, 0.2) is 5.69 Å². The van der Waals surface area contributed by atoms with E-state index in [4.69, 9.17) is 11.6 Å². The van der Waals surface area contributed by atoms with Crippen molar-refractivity contribution < 1.29 is 9.50 Å². The molecule has 7 heteroatoms. The monoisotopic (exact) mass is 378 g/mol. The number of imidazole rings is 1. The van der Waals surface area contributed by atoms with E-state index in [1.807, 2.05) is 0 Å². The largest absolute Gasteiger partial charge is 0.506 e. The number of halogens is 2. The summed E-state index contributed by atoms with van der Waals surface area (Å²) in [7, 11) is 0. The molecule has 132 valence electrons. The molecule has 0 atom stereocenters. The molecule has 0 saturated carbocycles. The Balaban J connectivity index is 2.05. The van der Waals surface area contributed by atoms with Gasteiger partial charge in [0.05, 0.1) is 17.9 Å². The Bertz CT molecular complexity index is 1170. The first kappa shape index (κ1) is 17.0. The molecular weight excluding hydrogens is 367 g/mol. The molecule has 0 unspecified atom stereocenters. The predicted octanol–water partition coefficient (Wildman–Crippen LogP) is 4.42. The number of fused-ring (bicyclic) bond motifs is 3. The minimum Gasteiger partial charge on any atom is -0.506 e. The normalized spacial score (nSPS) is 12.4. The van der Waals surface area contributed by atoms with Crippen molar-refractivity contribution in [1.82, 2.24) is 9.55 Å². The van der Waals surface area contributed by atoms with Gasteiger partial charge in [-0.3, -0.25) is 9.56 Å². The van der Waals surface area contributed by atoms with E-state index >= 15 is 0 Å². The highest BCUT2D eigenvalue weighted by molar-refractivity contribution is 6.31. The van der Waals surface area contributed by atoms with Crippen LogP contribution in [0.15, 0.2) is 54.0 Å². The van der Waals surface area contributed by atoms with Crippen LogP contribution in [-0.4, -0.2) is 20.4 Å². The predicted molar refractivity (Wildman–Crippen MR) is 101 cm³/mol. The average Bonchev–Trinajstić information content (AvgIpc) is 2.95. The van der Waals surface area contributed by atoms with Crippen molar-refractivity contribution in [3.05, 3.63) is 88.2 Å². The van der Waals surface area contributed by atoms with E-state index < -0.39 is 5.82 Å². The first-order valence-corrected chi connectivity index (χ1v) is 8.38. The summed E-state index contributed by atoms with van der Waals surface area (Å²) < 4.78 is 16.0. The second-order valence-electron chi connectivity index (χ2n) is 5.93. The van der Waals surface area contributed by atoms with Crippen LogP contribution in [-0.2, 0) is 6.54 Å². The Morgan fingerprint density at radius 2 is 2.04 bits per heavy atom. The smallest absolute Gasteiger partial charge is 0.156 e. The molecule has 2 aromatic carbocycles. The fraction of sp³-hybridized carbons (Fsp3) is 0.0500. The Morgan fingerprint density at radius 1 is 1.26 bits per heavy atom. The summed E-state index contributed by atoms with van der Waals surface area (Å²) in [6.45, 7) is 3.56. The van der Waals surface area contributed by atoms with E-state index in [1.54, 1.807) is 41.0 Å². The Hall–Kier alpha value is -3.43. The maximum absolute atomic E-state index is 14.4. The van der Waals surface area contributed by atoms with Gasteiger partial charge in [0.2, 0.25) is 0 Å². The third-order valence-electron chi connectivity index (χ3n) is 4.29. The van der Waals surface area contributed by atoms with Crippen LogP contribution in [0.4, 0.5) is 4.39 Å². The number of hydrogen-bond donors (Lipinski definition) is 1. The summed E-state index contributed by atoms with van der Waals surface area (Å²) in [5.41, 5.74) is 2.12. The van der Waals surface area contributed by atoms with Crippen LogP contribution in [0.1, 0.15) is 28.3 Å². The van der Waals surface area contributed by atoms with Crippen LogP contribution in [0.5, 0.6) is 0 Å². The molecule has 4 rings (SSSR count). The fourth-order valence-electron chi connectivity index (χ4n) is 3.15. The lowest BCUT2D eigenvalue weighted by Crippen LogP contribution is -2.10. The second kappa shape index (κ2) is 6.38. The number of rotatable bonds is 2. The molecule has 3 aromatic rings. The minimum atomic E-state index is -0.411. The van der Waals surface area contributed by atoms with Crippen molar-refractivity contribution in [1.29, 1.82) is 5.26 Å². The third kappa shape index (κ3) is 2.69. The molecular formula is C20H12ClFN4O. The lowest BCUT2D eigenvalue weighted by molar-refractivity contribution is 0.510. The molecule has 0 spiro atoms. The molecule has 5 nitrogen and oxygen atoms in total. The highest BCUT2D eigenvalue weighted by Gasteiger charge is 2.26. The van der Waals surface area contributed by atoms with E-state index in [-0.39, 0.29) is 23.7 Å². The maximum atomic E-state index is 14.4. The van der Waals surface area contributed by atoms with E-state index in [9.17, 15) is 14.8 Å². The highest BCUT2D eigenvalue weighted by Crippen LogP contribution is 2.31. The number of aliphatic hydroxyl groups is 1. The summed E-state index contributed by atoms with van der Waals surface area (Å²) >= 11 is 6.19. The van der Waals surface area contributed by atoms with Gasteiger partial charge >= 0.3 is 0 Å². The maximum Gasteiger partial charge on any atom is 0.156 e. The fourth-order valence-corrected chi connectivity index (χ4v) is 3.32. The Labute approximate surface area is 159 Å².